The van der Waals surface area contributed by atoms with Crippen LogP contribution in [0.25, 0.3) is 11.0 Å². The largest absolute Gasteiger partial charge is 0.365 e. The Morgan fingerprint density at radius 3 is 2.77 bits per heavy atom. The molecule has 0 aliphatic carbocycles. The van der Waals surface area contributed by atoms with Gasteiger partial charge in [0.1, 0.15) is 29.3 Å². The zero-order chi connectivity index (χ0) is 19.0. The highest BCUT2D eigenvalue weighted by atomic mass is 79.9. The van der Waals surface area contributed by atoms with Gasteiger partial charge in [-0.05, 0) is 35.8 Å². The first-order valence-electron chi connectivity index (χ1n) is 7.98. The lowest BCUT2D eigenvalue weighted by molar-refractivity contribution is 0.360. The first-order valence-corrected chi connectivity index (χ1v) is 8.78. The summed E-state index contributed by atoms with van der Waals surface area (Å²) in [5.41, 5.74) is 0.621. The molecule has 0 aliphatic heterocycles. The van der Waals surface area contributed by atoms with Crippen LogP contribution in [0.3, 0.4) is 0 Å². The van der Waals surface area contributed by atoms with Crippen molar-refractivity contribution < 1.29 is 8.78 Å². The van der Waals surface area contributed by atoms with Gasteiger partial charge in [0.2, 0.25) is 0 Å². The molecular formula is C18H17BrF2N4O. The van der Waals surface area contributed by atoms with E-state index >= 15 is 0 Å². The lowest BCUT2D eigenvalue weighted by atomic mass is 10.1. The number of halogens is 3. The first kappa shape index (κ1) is 18.4. The van der Waals surface area contributed by atoms with Crippen LogP contribution >= 0.6 is 15.9 Å². The van der Waals surface area contributed by atoms with Crippen LogP contribution in [0.5, 0.6) is 0 Å². The van der Waals surface area contributed by atoms with Gasteiger partial charge in [-0.2, -0.15) is 0 Å². The number of aromatic nitrogens is 3. The Morgan fingerprint density at radius 2 is 2.08 bits per heavy atom. The smallest absolute Gasteiger partial charge is 0.266 e. The maximum Gasteiger partial charge on any atom is 0.266 e. The van der Waals surface area contributed by atoms with Crippen molar-refractivity contribution in [2.75, 3.05) is 5.32 Å². The van der Waals surface area contributed by atoms with Gasteiger partial charge in [0, 0.05) is 24.7 Å². The minimum atomic E-state index is -1.39. The Bertz CT molecular complexity index is 1050. The molecule has 1 N–H and O–H groups in total. The molecule has 3 aromatic rings. The van der Waals surface area contributed by atoms with Crippen molar-refractivity contribution >= 4 is 32.8 Å². The number of benzene rings is 1. The Labute approximate surface area is 157 Å². The summed E-state index contributed by atoms with van der Waals surface area (Å²) < 4.78 is 29.7. The number of fused-ring (bicyclic) bond motifs is 1. The molecule has 0 saturated heterocycles. The summed E-state index contributed by atoms with van der Waals surface area (Å²) in [6.45, 7) is 3.14. The number of pyridine rings is 1. The molecule has 0 saturated carbocycles. The second-order valence-electron chi connectivity index (χ2n) is 6.00. The van der Waals surface area contributed by atoms with Gasteiger partial charge >= 0.3 is 0 Å². The summed E-state index contributed by atoms with van der Waals surface area (Å²) in [4.78, 5) is 20.8. The summed E-state index contributed by atoms with van der Waals surface area (Å²) in [5, 5.41) is 3.70. The van der Waals surface area contributed by atoms with Crippen molar-refractivity contribution in [3.63, 3.8) is 0 Å². The van der Waals surface area contributed by atoms with E-state index in [1.807, 2.05) is 0 Å². The molecule has 1 unspecified atom stereocenters. The van der Waals surface area contributed by atoms with E-state index in [-0.39, 0.29) is 17.7 Å². The van der Waals surface area contributed by atoms with Gasteiger partial charge in [0.15, 0.2) is 0 Å². The molecule has 1 aromatic carbocycles. The Balaban J connectivity index is 2.03. The number of anilines is 1. The molecule has 26 heavy (non-hydrogen) atoms. The van der Waals surface area contributed by atoms with Crippen molar-refractivity contribution in [1.82, 2.24) is 14.5 Å². The van der Waals surface area contributed by atoms with Gasteiger partial charge < -0.3 is 5.32 Å². The second kappa shape index (κ2) is 7.11. The van der Waals surface area contributed by atoms with Gasteiger partial charge in [-0.1, -0.05) is 18.2 Å². The number of alkyl halides is 1. The first-order chi connectivity index (χ1) is 12.3. The van der Waals surface area contributed by atoms with E-state index < -0.39 is 12.0 Å². The average molecular weight is 423 g/mol. The molecular weight excluding hydrogens is 406 g/mol. The third-order valence-electron chi connectivity index (χ3n) is 4.12. The van der Waals surface area contributed by atoms with Gasteiger partial charge in [-0.15, -0.1) is 0 Å². The predicted octanol–water partition coefficient (Wildman–Crippen LogP) is 4.18. The minimum absolute atomic E-state index is 0.0261. The molecule has 0 fully saturated rings. The van der Waals surface area contributed by atoms with E-state index in [1.54, 1.807) is 32.2 Å². The summed E-state index contributed by atoms with van der Waals surface area (Å²) in [6.07, 6.45) is -1.39. The lowest BCUT2D eigenvalue weighted by Crippen LogP contribution is -2.19. The van der Waals surface area contributed by atoms with Crippen LogP contribution in [0, 0.1) is 12.7 Å². The number of hydrogen-bond acceptors (Lipinski definition) is 4. The molecule has 0 bridgehead atoms. The zero-order valence-corrected chi connectivity index (χ0v) is 16.1. The van der Waals surface area contributed by atoms with Crippen molar-refractivity contribution in [2.24, 2.45) is 7.05 Å². The minimum Gasteiger partial charge on any atom is -0.365 e. The van der Waals surface area contributed by atoms with Crippen LogP contribution in [0.1, 0.15) is 30.0 Å². The average Bonchev–Trinajstić information content (AvgIpc) is 2.59. The molecule has 136 valence electrons. The topological polar surface area (TPSA) is 59.8 Å². The maximum atomic E-state index is 14.4. The van der Waals surface area contributed by atoms with E-state index in [0.29, 0.717) is 32.7 Å². The molecule has 8 heteroatoms. The molecule has 2 aromatic heterocycles. The van der Waals surface area contributed by atoms with Gasteiger partial charge in [0.05, 0.1) is 9.86 Å². The van der Waals surface area contributed by atoms with Crippen LogP contribution in [-0.4, -0.2) is 14.5 Å². The fourth-order valence-corrected chi connectivity index (χ4v) is 3.25. The third kappa shape index (κ3) is 3.33. The number of aryl methyl sites for hydroxylation is 2. The standard InChI is InChI=1S/C18H17BrF2N4O/c1-9(20)12-6-4-5-11(15(12)21)8-22-16-13-7-14(19)18(26)25(3)17(13)24-10(2)23-16/h4-7,9H,8H2,1-3H3,(H,22,23,24). The van der Waals surface area contributed by atoms with E-state index in [2.05, 4.69) is 31.2 Å². The van der Waals surface area contributed by atoms with Crippen molar-refractivity contribution in [3.8, 4) is 0 Å². The van der Waals surface area contributed by atoms with E-state index in [1.165, 1.54) is 17.6 Å². The van der Waals surface area contributed by atoms with Crippen LogP contribution < -0.4 is 10.9 Å². The predicted molar refractivity (Wildman–Crippen MR) is 100 cm³/mol. The summed E-state index contributed by atoms with van der Waals surface area (Å²) in [7, 11) is 1.62. The van der Waals surface area contributed by atoms with Gasteiger partial charge in [0.25, 0.3) is 5.56 Å². The van der Waals surface area contributed by atoms with E-state index in [9.17, 15) is 13.6 Å². The van der Waals surface area contributed by atoms with Crippen LogP contribution in [0.2, 0.25) is 0 Å². The van der Waals surface area contributed by atoms with Crippen LogP contribution in [0.15, 0.2) is 33.5 Å². The maximum absolute atomic E-state index is 14.4. The fraction of sp³-hybridized carbons (Fsp3) is 0.278. The Kier molecular flexibility index (Phi) is 5.04. The van der Waals surface area contributed by atoms with E-state index in [4.69, 9.17) is 0 Å². The lowest BCUT2D eigenvalue weighted by Gasteiger charge is -2.13. The highest BCUT2D eigenvalue weighted by Gasteiger charge is 2.15. The summed E-state index contributed by atoms with van der Waals surface area (Å²) >= 11 is 3.23. The second-order valence-corrected chi connectivity index (χ2v) is 6.86. The van der Waals surface area contributed by atoms with Crippen molar-refractivity contribution in [2.45, 2.75) is 26.6 Å². The Hall–Kier alpha value is -2.35. The Morgan fingerprint density at radius 1 is 1.35 bits per heavy atom. The molecule has 0 radical (unpaired) electrons. The molecule has 0 aliphatic rings. The molecule has 0 spiro atoms. The summed E-state index contributed by atoms with van der Waals surface area (Å²) in [6, 6.07) is 6.28. The van der Waals surface area contributed by atoms with E-state index in [0.717, 1.165) is 0 Å². The normalized spacial score (nSPS) is 12.4. The zero-order valence-electron chi connectivity index (χ0n) is 14.5. The third-order valence-corrected chi connectivity index (χ3v) is 4.69. The van der Waals surface area contributed by atoms with Gasteiger partial charge in [-0.25, -0.2) is 18.7 Å². The molecule has 3 rings (SSSR count). The highest BCUT2D eigenvalue weighted by Crippen LogP contribution is 2.25. The molecule has 5 nitrogen and oxygen atoms in total. The number of rotatable bonds is 4. The number of hydrogen-bond donors (Lipinski definition) is 1. The number of nitrogens with one attached hydrogen (secondary N) is 1. The van der Waals surface area contributed by atoms with Crippen LogP contribution in [0.4, 0.5) is 14.6 Å². The van der Waals surface area contributed by atoms with Crippen molar-refractivity contribution in [3.05, 3.63) is 61.9 Å². The monoisotopic (exact) mass is 422 g/mol. The fourth-order valence-electron chi connectivity index (χ4n) is 2.76. The summed E-state index contributed by atoms with van der Waals surface area (Å²) in [5.74, 6) is 0.379. The SMILES string of the molecule is Cc1nc(NCc2cccc(C(C)F)c2F)c2cc(Br)c(=O)n(C)c2n1. The van der Waals surface area contributed by atoms with Crippen LogP contribution in [-0.2, 0) is 13.6 Å². The quantitative estimate of drug-likeness (QED) is 0.684. The molecule has 1 atom stereocenters. The molecule has 2 heterocycles. The van der Waals surface area contributed by atoms with Crippen molar-refractivity contribution in [1.29, 1.82) is 0 Å². The van der Waals surface area contributed by atoms with Gasteiger partial charge in [-0.3, -0.25) is 9.36 Å². The molecule has 0 amide bonds. The highest BCUT2D eigenvalue weighted by molar-refractivity contribution is 9.10. The number of nitrogens with zero attached hydrogens (tertiary/aromatic N) is 3.